The van der Waals surface area contributed by atoms with Crippen molar-refractivity contribution in [2.75, 3.05) is 20.3 Å². The zero-order valence-electron chi connectivity index (χ0n) is 20.6. The fourth-order valence-corrected chi connectivity index (χ4v) is 3.97. The molecule has 1 N–H and O–H groups in total. The molecule has 0 saturated carbocycles. The van der Waals surface area contributed by atoms with E-state index in [2.05, 4.69) is 5.32 Å². The number of hydrogen-bond acceptors (Lipinski definition) is 5. The van der Waals surface area contributed by atoms with Crippen molar-refractivity contribution < 1.29 is 23.8 Å². The van der Waals surface area contributed by atoms with Crippen molar-refractivity contribution in [2.45, 2.75) is 65.1 Å². The highest BCUT2D eigenvalue weighted by atomic mass is 16.6. The third kappa shape index (κ3) is 6.65. The predicted octanol–water partition coefficient (Wildman–Crippen LogP) is 4.12. The fraction of sp³-hybridized carbons (Fsp3) is 0.481. The molecular formula is C27H36N2O5. The number of carbonyl (C=O) groups is 2. The summed E-state index contributed by atoms with van der Waals surface area (Å²) in [5.74, 6) is 1.98. The first-order valence-corrected chi connectivity index (χ1v) is 12.1. The van der Waals surface area contributed by atoms with Crippen LogP contribution < -0.4 is 19.5 Å². The van der Waals surface area contributed by atoms with Crippen LogP contribution in [0.15, 0.2) is 42.5 Å². The number of aryl methyl sites for hydroxylation is 1. The summed E-state index contributed by atoms with van der Waals surface area (Å²) in [6.45, 7) is 7.34. The Labute approximate surface area is 202 Å². The zero-order valence-corrected chi connectivity index (χ0v) is 20.6. The van der Waals surface area contributed by atoms with Crippen LogP contribution in [-0.2, 0) is 22.6 Å². The van der Waals surface area contributed by atoms with Gasteiger partial charge in [-0.3, -0.25) is 9.59 Å². The molecular weight excluding hydrogens is 432 g/mol. The first kappa shape index (κ1) is 25.4. The predicted molar refractivity (Wildman–Crippen MR) is 131 cm³/mol. The molecule has 7 heteroatoms. The van der Waals surface area contributed by atoms with Crippen molar-refractivity contribution in [3.8, 4) is 17.2 Å². The molecule has 0 fully saturated rings. The summed E-state index contributed by atoms with van der Waals surface area (Å²) in [6, 6.07) is 12.9. The Hall–Kier alpha value is -3.22. The molecule has 2 aromatic rings. The smallest absolute Gasteiger partial charge is 0.243 e. The maximum absolute atomic E-state index is 13.5. The second-order valence-corrected chi connectivity index (χ2v) is 8.59. The summed E-state index contributed by atoms with van der Waals surface area (Å²) < 4.78 is 16.6. The number of nitrogens with zero attached hydrogens (tertiary/aromatic N) is 1. The van der Waals surface area contributed by atoms with Crippen molar-refractivity contribution in [3.63, 3.8) is 0 Å². The van der Waals surface area contributed by atoms with Crippen LogP contribution in [0.2, 0.25) is 0 Å². The summed E-state index contributed by atoms with van der Waals surface area (Å²) in [6.07, 6.45) is 2.20. The Morgan fingerprint density at radius 1 is 1.03 bits per heavy atom. The van der Waals surface area contributed by atoms with Crippen LogP contribution in [0.1, 0.15) is 51.2 Å². The Kier molecular flexibility index (Phi) is 9.19. The third-order valence-electron chi connectivity index (χ3n) is 6.11. The van der Waals surface area contributed by atoms with Crippen LogP contribution in [0.25, 0.3) is 0 Å². The van der Waals surface area contributed by atoms with Gasteiger partial charge in [-0.05, 0) is 61.6 Å². The minimum Gasteiger partial charge on any atom is -0.497 e. The number of fused-ring (bicyclic) bond motifs is 1. The van der Waals surface area contributed by atoms with Crippen molar-refractivity contribution in [2.24, 2.45) is 0 Å². The molecule has 0 spiro atoms. The quantitative estimate of drug-likeness (QED) is 0.537. The molecule has 0 saturated heterocycles. The molecule has 7 nitrogen and oxygen atoms in total. The number of carbonyl (C=O) groups excluding carboxylic acids is 2. The topological polar surface area (TPSA) is 77.1 Å². The molecule has 3 rings (SSSR count). The van der Waals surface area contributed by atoms with Crippen LogP contribution >= 0.6 is 0 Å². The largest absolute Gasteiger partial charge is 0.497 e. The van der Waals surface area contributed by atoms with Gasteiger partial charge in [0.1, 0.15) is 25.0 Å². The van der Waals surface area contributed by atoms with Crippen molar-refractivity contribution in [1.29, 1.82) is 0 Å². The molecule has 0 bridgehead atoms. The van der Waals surface area contributed by atoms with Gasteiger partial charge in [0, 0.05) is 19.0 Å². The molecule has 2 atom stereocenters. The molecule has 0 radical (unpaired) electrons. The Bertz CT molecular complexity index is 977. The first-order valence-electron chi connectivity index (χ1n) is 12.1. The van der Waals surface area contributed by atoms with E-state index in [-0.39, 0.29) is 24.3 Å². The lowest BCUT2D eigenvalue weighted by Gasteiger charge is -2.31. The zero-order chi connectivity index (χ0) is 24.5. The molecule has 1 heterocycles. The molecule has 2 amide bonds. The lowest BCUT2D eigenvalue weighted by molar-refractivity contribution is -0.141. The van der Waals surface area contributed by atoms with E-state index < -0.39 is 6.04 Å². The van der Waals surface area contributed by atoms with Crippen LogP contribution in [0.5, 0.6) is 17.2 Å². The summed E-state index contributed by atoms with van der Waals surface area (Å²) in [7, 11) is 1.61. The van der Waals surface area contributed by atoms with Gasteiger partial charge in [0.15, 0.2) is 11.5 Å². The summed E-state index contributed by atoms with van der Waals surface area (Å²) in [5, 5.41) is 3.04. The standard InChI is InChI=1S/C27H36N2O5/c1-5-19(3)28-27(31)23(6-2)29(18-21-8-7-9-22(16-21)32-4)26(30)13-11-20-10-12-24-25(17-20)34-15-14-33-24/h7-10,12,16-17,19,23H,5-6,11,13-15,18H2,1-4H3,(H,28,31)/t19-,23-/m0/s1. The van der Waals surface area contributed by atoms with E-state index in [4.69, 9.17) is 14.2 Å². The van der Waals surface area contributed by atoms with Crippen LogP contribution in [-0.4, -0.2) is 49.1 Å². The summed E-state index contributed by atoms with van der Waals surface area (Å²) in [4.78, 5) is 28.3. The molecule has 0 aliphatic carbocycles. The number of amides is 2. The number of nitrogens with one attached hydrogen (secondary N) is 1. The van der Waals surface area contributed by atoms with Gasteiger partial charge < -0.3 is 24.4 Å². The maximum Gasteiger partial charge on any atom is 0.243 e. The van der Waals surface area contributed by atoms with E-state index in [9.17, 15) is 9.59 Å². The minimum atomic E-state index is -0.548. The number of hydrogen-bond donors (Lipinski definition) is 1. The molecule has 1 aliphatic rings. The van der Waals surface area contributed by atoms with Gasteiger partial charge in [0.25, 0.3) is 0 Å². The maximum atomic E-state index is 13.5. The van der Waals surface area contributed by atoms with E-state index >= 15 is 0 Å². The Morgan fingerprint density at radius 2 is 1.79 bits per heavy atom. The van der Waals surface area contributed by atoms with Crippen LogP contribution in [0.4, 0.5) is 0 Å². The first-order chi connectivity index (χ1) is 16.4. The van der Waals surface area contributed by atoms with Gasteiger partial charge in [-0.2, -0.15) is 0 Å². The minimum absolute atomic E-state index is 0.0491. The van der Waals surface area contributed by atoms with Crippen molar-refractivity contribution in [3.05, 3.63) is 53.6 Å². The average Bonchev–Trinajstić information content (AvgIpc) is 2.86. The SMILES string of the molecule is CC[C@H](C)NC(=O)[C@H](CC)N(Cc1cccc(OC)c1)C(=O)CCc1ccc2c(c1)OCCO2. The fourth-order valence-electron chi connectivity index (χ4n) is 3.97. The van der Waals surface area contributed by atoms with Crippen molar-refractivity contribution >= 4 is 11.8 Å². The lowest BCUT2D eigenvalue weighted by atomic mass is 10.0. The summed E-state index contributed by atoms with van der Waals surface area (Å²) in [5.41, 5.74) is 1.91. The molecule has 0 unspecified atom stereocenters. The molecule has 1 aliphatic heterocycles. The lowest BCUT2D eigenvalue weighted by Crippen LogP contribution is -2.50. The van der Waals surface area contributed by atoms with E-state index in [0.717, 1.165) is 29.0 Å². The third-order valence-corrected chi connectivity index (χ3v) is 6.11. The monoisotopic (exact) mass is 468 g/mol. The molecule has 34 heavy (non-hydrogen) atoms. The highest BCUT2D eigenvalue weighted by Crippen LogP contribution is 2.31. The second kappa shape index (κ2) is 12.3. The van der Waals surface area contributed by atoms with Crippen LogP contribution in [0, 0.1) is 0 Å². The average molecular weight is 469 g/mol. The normalized spacial score (nSPS) is 14.1. The number of ether oxygens (including phenoxy) is 3. The van der Waals surface area contributed by atoms with Crippen molar-refractivity contribution in [1.82, 2.24) is 10.2 Å². The molecule has 0 aromatic heterocycles. The number of methoxy groups -OCH3 is 1. The summed E-state index contributed by atoms with van der Waals surface area (Å²) >= 11 is 0. The highest BCUT2D eigenvalue weighted by molar-refractivity contribution is 5.88. The van der Waals surface area contributed by atoms with Gasteiger partial charge in [-0.15, -0.1) is 0 Å². The Balaban J connectivity index is 1.77. The highest BCUT2D eigenvalue weighted by Gasteiger charge is 2.29. The molecule has 184 valence electrons. The number of rotatable bonds is 11. The van der Waals surface area contributed by atoms with Gasteiger partial charge >= 0.3 is 0 Å². The van der Waals surface area contributed by atoms with Crippen LogP contribution in [0.3, 0.4) is 0 Å². The van der Waals surface area contributed by atoms with E-state index in [1.165, 1.54) is 0 Å². The van der Waals surface area contributed by atoms with E-state index in [1.54, 1.807) is 12.0 Å². The van der Waals surface area contributed by atoms with Gasteiger partial charge in [-0.25, -0.2) is 0 Å². The Morgan fingerprint density at radius 3 is 2.50 bits per heavy atom. The molecule has 2 aromatic carbocycles. The van der Waals surface area contributed by atoms with Gasteiger partial charge in [0.05, 0.1) is 7.11 Å². The number of benzene rings is 2. The van der Waals surface area contributed by atoms with Gasteiger partial charge in [0.2, 0.25) is 11.8 Å². The van der Waals surface area contributed by atoms with Gasteiger partial charge in [-0.1, -0.05) is 32.0 Å². The van der Waals surface area contributed by atoms with E-state index in [1.807, 2.05) is 63.2 Å². The van der Waals surface area contributed by atoms with E-state index in [0.29, 0.717) is 38.3 Å². The second-order valence-electron chi connectivity index (χ2n) is 8.59.